The van der Waals surface area contributed by atoms with Crippen molar-refractivity contribution in [3.63, 3.8) is 0 Å². The maximum atomic E-state index is 9.05. The first-order valence-electron chi connectivity index (χ1n) is 6.02. The van der Waals surface area contributed by atoms with E-state index in [9.17, 15) is 0 Å². The first-order chi connectivity index (χ1) is 8.60. The van der Waals surface area contributed by atoms with E-state index in [1.807, 2.05) is 36.0 Å². The lowest BCUT2D eigenvalue weighted by Crippen LogP contribution is -1.99. The van der Waals surface area contributed by atoms with Gasteiger partial charge >= 0.3 is 0 Å². The Balaban J connectivity index is 2.17. The minimum absolute atomic E-state index is 0.0480. The number of aromatic nitrogens is 2. The summed E-state index contributed by atoms with van der Waals surface area (Å²) in [5.41, 5.74) is 1.89. The molecule has 4 heteroatoms. The second-order valence-electron chi connectivity index (χ2n) is 4.61. The molecule has 0 spiro atoms. The van der Waals surface area contributed by atoms with Gasteiger partial charge in [0.05, 0.1) is 19.0 Å². The zero-order valence-electron chi connectivity index (χ0n) is 10.9. The molecule has 0 atom stereocenters. The molecule has 4 nitrogen and oxygen atoms in total. The normalized spacial score (nSPS) is 10.9. The monoisotopic (exact) mass is 246 g/mol. The number of benzene rings is 1. The summed E-state index contributed by atoms with van der Waals surface area (Å²) >= 11 is 0. The highest BCUT2D eigenvalue weighted by Crippen LogP contribution is 2.26. The molecule has 0 aliphatic carbocycles. The van der Waals surface area contributed by atoms with E-state index in [2.05, 4.69) is 18.9 Å². The van der Waals surface area contributed by atoms with E-state index in [1.165, 1.54) is 0 Å². The number of aliphatic hydroxyl groups is 1. The molecule has 0 unspecified atom stereocenters. The highest BCUT2D eigenvalue weighted by molar-refractivity contribution is 5.38. The molecule has 0 radical (unpaired) electrons. The lowest BCUT2D eigenvalue weighted by molar-refractivity contribution is 0.281. The number of hydrogen-bond acceptors (Lipinski definition) is 3. The van der Waals surface area contributed by atoms with Gasteiger partial charge in [0.2, 0.25) is 0 Å². The van der Waals surface area contributed by atoms with Crippen LogP contribution >= 0.6 is 0 Å². The van der Waals surface area contributed by atoms with Gasteiger partial charge in [0.15, 0.2) is 5.75 Å². The summed E-state index contributed by atoms with van der Waals surface area (Å²) in [5, 5.41) is 13.3. The van der Waals surface area contributed by atoms with E-state index in [0.717, 1.165) is 22.6 Å². The molecule has 0 aliphatic rings. The topological polar surface area (TPSA) is 47.3 Å². The van der Waals surface area contributed by atoms with Gasteiger partial charge in [-0.25, -0.2) is 0 Å². The summed E-state index contributed by atoms with van der Waals surface area (Å²) < 4.78 is 7.63. The van der Waals surface area contributed by atoms with Gasteiger partial charge in [-0.1, -0.05) is 12.1 Å². The van der Waals surface area contributed by atoms with Crippen LogP contribution in [0.3, 0.4) is 0 Å². The molecule has 1 aromatic heterocycles. The summed E-state index contributed by atoms with van der Waals surface area (Å²) in [6, 6.07) is 5.96. The Morgan fingerprint density at radius 2 is 2.17 bits per heavy atom. The average Bonchev–Trinajstić information content (AvgIpc) is 2.80. The maximum Gasteiger partial charge on any atom is 0.165 e. The zero-order valence-corrected chi connectivity index (χ0v) is 10.9. The Bertz CT molecular complexity index is 532. The SMILES string of the molecule is Cc1cc(CO)ccc1Oc1cnn(C(C)C)c1. The number of aliphatic hydroxyl groups excluding tert-OH is 1. The lowest BCUT2D eigenvalue weighted by atomic mass is 10.1. The third-order valence-electron chi connectivity index (χ3n) is 2.76. The van der Waals surface area contributed by atoms with E-state index in [4.69, 9.17) is 9.84 Å². The van der Waals surface area contributed by atoms with Crippen molar-refractivity contribution in [3.05, 3.63) is 41.7 Å². The van der Waals surface area contributed by atoms with Crippen molar-refractivity contribution >= 4 is 0 Å². The summed E-state index contributed by atoms with van der Waals surface area (Å²) in [4.78, 5) is 0. The fourth-order valence-corrected chi connectivity index (χ4v) is 1.71. The minimum atomic E-state index is 0.0480. The van der Waals surface area contributed by atoms with Crippen LogP contribution in [0, 0.1) is 6.92 Å². The Morgan fingerprint density at radius 3 is 2.72 bits per heavy atom. The van der Waals surface area contributed by atoms with Gasteiger partial charge in [0.25, 0.3) is 0 Å². The van der Waals surface area contributed by atoms with Crippen LogP contribution in [0.15, 0.2) is 30.6 Å². The van der Waals surface area contributed by atoms with E-state index in [-0.39, 0.29) is 6.61 Å². The van der Waals surface area contributed by atoms with Crippen molar-refractivity contribution in [2.24, 2.45) is 0 Å². The van der Waals surface area contributed by atoms with Gasteiger partial charge in [-0.3, -0.25) is 4.68 Å². The van der Waals surface area contributed by atoms with Crippen LogP contribution in [0.5, 0.6) is 11.5 Å². The lowest BCUT2D eigenvalue weighted by Gasteiger charge is -2.08. The molecule has 1 aromatic carbocycles. The van der Waals surface area contributed by atoms with Gasteiger partial charge in [0, 0.05) is 6.04 Å². The Kier molecular flexibility index (Phi) is 3.67. The molecule has 0 saturated carbocycles. The van der Waals surface area contributed by atoms with Gasteiger partial charge in [0.1, 0.15) is 5.75 Å². The summed E-state index contributed by atoms with van der Waals surface area (Å²) in [7, 11) is 0. The molecule has 2 rings (SSSR count). The number of ether oxygens (including phenoxy) is 1. The third kappa shape index (κ3) is 2.71. The standard InChI is InChI=1S/C14H18N2O2/c1-10(2)16-8-13(7-15-16)18-14-5-4-12(9-17)6-11(14)3/h4-8,10,17H,9H2,1-3H3. The molecular formula is C14H18N2O2. The highest BCUT2D eigenvalue weighted by atomic mass is 16.5. The Hall–Kier alpha value is -1.81. The van der Waals surface area contributed by atoms with Crippen LogP contribution in [0.4, 0.5) is 0 Å². The molecule has 1 heterocycles. The molecule has 0 bridgehead atoms. The molecule has 0 aliphatic heterocycles. The minimum Gasteiger partial charge on any atom is -0.454 e. The quantitative estimate of drug-likeness (QED) is 0.901. The van der Waals surface area contributed by atoms with E-state index < -0.39 is 0 Å². The van der Waals surface area contributed by atoms with Crippen LogP contribution in [0.25, 0.3) is 0 Å². The molecule has 0 fully saturated rings. The van der Waals surface area contributed by atoms with Crippen LogP contribution in [0.1, 0.15) is 31.0 Å². The first-order valence-corrected chi connectivity index (χ1v) is 6.02. The average molecular weight is 246 g/mol. The second-order valence-corrected chi connectivity index (χ2v) is 4.61. The first kappa shape index (κ1) is 12.6. The number of nitrogens with zero attached hydrogens (tertiary/aromatic N) is 2. The van der Waals surface area contributed by atoms with Crippen molar-refractivity contribution in [2.75, 3.05) is 0 Å². The fraction of sp³-hybridized carbons (Fsp3) is 0.357. The summed E-state index contributed by atoms with van der Waals surface area (Å²) in [6.07, 6.45) is 3.59. The highest BCUT2D eigenvalue weighted by Gasteiger charge is 2.06. The van der Waals surface area contributed by atoms with Gasteiger partial charge in [-0.15, -0.1) is 0 Å². The van der Waals surface area contributed by atoms with Crippen molar-refractivity contribution in [3.8, 4) is 11.5 Å². The Morgan fingerprint density at radius 1 is 1.39 bits per heavy atom. The smallest absolute Gasteiger partial charge is 0.165 e. The van der Waals surface area contributed by atoms with E-state index in [1.54, 1.807) is 6.20 Å². The molecule has 18 heavy (non-hydrogen) atoms. The predicted octanol–water partition coefficient (Wildman–Crippen LogP) is 3.06. The molecule has 0 saturated heterocycles. The second kappa shape index (κ2) is 5.23. The molecule has 1 N–H and O–H groups in total. The molecular weight excluding hydrogens is 228 g/mol. The van der Waals surface area contributed by atoms with E-state index >= 15 is 0 Å². The summed E-state index contributed by atoms with van der Waals surface area (Å²) in [6.45, 7) is 6.14. The number of rotatable bonds is 4. The van der Waals surface area contributed by atoms with Crippen LogP contribution in [0.2, 0.25) is 0 Å². The predicted molar refractivity (Wildman–Crippen MR) is 69.8 cm³/mol. The van der Waals surface area contributed by atoms with Crippen LogP contribution in [-0.2, 0) is 6.61 Å². The third-order valence-corrected chi connectivity index (χ3v) is 2.76. The van der Waals surface area contributed by atoms with Crippen molar-refractivity contribution in [1.82, 2.24) is 9.78 Å². The molecule has 96 valence electrons. The van der Waals surface area contributed by atoms with Crippen molar-refractivity contribution in [2.45, 2.75) is 33.4 Å². The Labute approximate surface area is 107 Å². The van der Waals surface area contributed by atoms with Gasteiger partial charge in [-0.05, 0) is 38.0 Å². The van der Waals surface area contributed by atoms with Gasteiger partial charge < -0.3 is 9.84 Å². The number of aryl methyl sites for hydroxylation is 1. The zero-order chi connectivity index (χ0) is 13.1. The fourth-order valence-electron chi connectivity index (χ4n) is 1.71. The number of hydrogen-bond donors (Lipinski definition) is 1. The summed E-state index contributed by atoms with van der Waals surface area (Å²) in [5.74, 6) is 1.51. The van der Waals surface area contributed by atoms with E-state index in [0.29, 0.717) is 6.04 Å². The van der Waals surface area contributed by atoms with Crippen LogP contribution < -0.4 is 4.74 Å². The van der Waals surface area contributed by atoms with Crippen molar-refractivity contribution < 1.29 is 9.84 Å². The molecule has 2 aromatic rings. The molecule has 0 amide bonds. The largest absolute Gasteiger partial charge is 0.454 e. The maximum absolute atomic E-state index is 9.05. The van der Waals surface area contributed by atoms with Crippen molar-refractivity contribution in [1.29, 1.82) is 0 Å². The van der Waals surface area contributed by atoms with Crippen LogP contribution in [-0.4, -0.2) is 14.9 Å². The van der Waals surface area contributed by atoms with Gasteiger partial charge in [-0.2, -0.15) is 5.10 Å².